The van der Waals surface area contributed by atoms with Gasteiger partial charge in [0.2, 0.25) is 5.91 Å². The molecule has 2 heterocycles. The third kappa shape index (κ3) is 3.28. The van der Waals surface area contributed by atoms with E-state index in [1.165, 1.54) is 11.8 Å². The van der Waals surface area contributed by atoms with Crippen molar-refractivity contribution in [3.8, 4) is 0 Å². The van der Waals surface area contributed by atoms with Gasteiger partial charge in [-0.15, -0.1) is 0 Å². The molecule has 1 aromatic heterocycles. The summed E-state index contributed by atoms with van der Waals surface area (Å²) in [5.41, 5.74) is 2.24. The summed E-state index contributed by atoms with van der Waals surface area (Å²) in [6.45, 7) is 2.52. The SMILES string of the molecule is C[C@H]1Cc2ccccc2N1C(=O)CCCNC(=O)c1ccco1. The second-order valence-corrected chi connectivity index (χ2v) is 5.78. The zero-order chi connectivity index (χ0) is 16.2. The predicted octanol–water partition coefficient (Wildman–Crippen LogP) is 2.77. The number of carbonyl (C=O) groups is 2. The van der Waals surface area contributed by atoms with Crippen LogP contribution in [0, 0.1) is 0 Å². The standard InChI is InChI=1S/C18H20N2O3/c1-13-12-14-6-2-3-7-15(14)20(13)17(21)9-4-10-19-18(22)16-8-5-11-23-16/h2-3,5-8,11,13H,4,9-10,12H2,1H3,(H,19,22)/t13-/m0/s1. The Morgan fingerprint density at radius 2 is 2.09 bits per heavy atom. The van der Waals surface area contributed by atoms with Crippen LogP contribution < -0.4 is 10.2 Å². The van der Waals surface area contributed by atoms with Gasteiger partial charge in [0.05, 0.1) is 6.26 Å². The van der Waals surface area contributed by atoms with Gasteiger partial charge in [0.25, 0.3) is 5.91 Å². The van der Waals surface area contributed by atoms with Gasteiger partial charge in [0.1, 0.15) is 0 Å². The maximum absolute atomic E-state index is 12.5. The van der Waals surface area contributed by atoms with Crippen molar-refractivity contribution < 1.29 is 14.0 Å². The molecule has 5 heteroatoms. The molecule has 0 saturated carbocycles. The van der Waals surface area contributed by atoms with E-state index in [2.05, 4.69) is 18.3 Å². The van der Waals surface area contributed by atoms with E-state index in [1.54, 1.807) is 12.1 Å². The lowest BCUT2D eigenvalue weighted by atomic mass is 10.1. The molecule has 2 amide bonds. The number of anilines is 1. The molecule has 23 heavy (non-hydrogen) atoms. The molecule has 0 saturated heterocycles. The first kappa shape index (κ1) is 15.3. The van der Waals surface area contributed by atoms with Crippen LogP contribution in [0.4, 0.5) is 5.69 Å². The number of nitrogens with zero attached hydrogens (tertiary/aromatic N) is 1. The highest BCUT2D eigenvalue weighted by Gasteiger charge is 2.29. The van der Waals surface area contributed by atoms with E-state index < -0.39 is 0 Å². The Balaban J connectivity index is 1.49. The number of hydrogen-bond donors (Lipinski definition) is 1. The van der Waals surface area contributed by atoms with Crippen molar-refractivity contribution in [3.05, 3.63) is 54.0 Å². The van der Waals surface area contributed by atoms with E-state index in [4.69, 9.17) is 4.42 Å². The van der Waals surface area contributed by atoms with Crippen LogP contribution in [0.25, 0.3) is 0 Å². The fourth-order valence-corrected chi connectivity index (χ4v) is 3.00. The molecule has 1 atom stereocenters. The highest BCUT2D eigenvalue weighted by atomic mass is 16.3. The zero-order valence-corrected chi connectivity index (χ0v) is 13.1. The van der Waals surface area contributed by atoms with Gasteiger partial charge < -0.3 is 14.6 Å². The molecule has 0 spiro atoms. The van der Waals surface area contributed by atoms with Gasteiger partial charge >= 0.3 is 0 Å². The van der Waals surface area contributed by atoms with Gasteiger partial charge in [-0.2, -0.15) is 0 Å². The minimum atomic E-state index is -0.248. The summed E-state index contributed by atoms with van der Waals surface area (Å²) in [5.74, 6) is 0.149. The molecule has 0 aliphatic carbocycles. The minimum absolute atomic E-state index is 0.106. The maximum atomic E-state index is 12.5. The molecule has 0 radical (unpaired) electrons. The maximum Gasteiger partial charge on any atom is 0.286 e. The Bertz CT molecular complexity index is 694. The predicted molar refractivity (Wildman–Crippen MR) is 87.4 cm³/mol. The molecule has 0 unspecified atom stereocenters. The summed E-state index contributed by atoms with van der Waals surface area (Å²) >= 11 is 0. The molecular formula is C18H20N2O3. The molecular weight excluding hydrogens is 292 g/mol. The lowest BCUT2D eigenvalue weighted by Gasteiger charge is -2.22. The van der Waals surface area contributed by atoms with Crippen molar-refractivity contribution >= 4 is 17.5 Å². The van der Waals surface area contributed by atoms with Crippen LogP contribution in [-0.2, 0) is 11.2 Å². The van der Waals surface area contributed by atoms with E-state index in [-0.39, 0.29) is 17.9 Å². The average Bonchev–Trinajstić information content (AvgIpc) is 3.17. The largest absolute Gasteiger partial charge is 0.459 e. The van der Waals surface area contributed by atoms with Crippen LogP contribution in [0.3, 0.4) is 0 Å². The number of furan rings is 1. The van der Waals surface area contributed by atoms with Crippen molar-refractivity contribution in [3.63, 3.8) is 0 Å². The van der Waals surface area contributed by atoms with Gasteiger partial charge in [-0.1, -0.05) is 18.2 Å². The first-order valence-electron chi connectivity index (χ1n) is 7.88. The number of nitrogens with one attached hydrogen (secondary N) is 1. The average molecular weight is 312 g/mol. The van der Waals surface area contributed by atoms with Crippen LogP contribution in [-0.4, -0.2) is 24.4 Å². The lowest BCUT2D eigenvalue weighted by molar-refractivity contribution is -0.119. The molecule has 0 bridgehead atoms. The number of carbonyl (C=O) groups excluding carboxylic acids is 2. The van der Waals surface area contributed by atoms with Crippen molar-refractivity contribution in [1.29, 1.82) is 0 Å². The van der Waals surface area contributed by atoms with Crippen LogP contribution in [0.2, 0.25) is 0 Å². The molecule has 120 valence electrons. The molecule has 1 aromatic carbocycles. The molecule has 3 rings (SSSR count). The highest BCUT2D eigenvalue weighted by Crippen LogP contribution is 2.32. The van der Waals surface area contributed by atoms with Crippen LogP contribution in [0.15, 0.2) is 47.1 Å². The first-order chi connectivity index (χ1) is 11.2. The summed E-state index contributed by atoms with van der Waals surface area (Å²) in [6, 6.07) is 11.5. The summed E-state index contributed by atoms with van der Waals surface area (Å²) in [5, 5.41) is 2.76. The monoisotopic (exact) mass is 312 g/mol. The van der Waals surface area contributed by atoms with E-state index >= 15 is 0 Å². The smallest absolute Gasteiger partial charge is 0.286 e. The van der Waals surface area contributed by atoms with E-state index in [0.29, 0.717) is 25.1 Å². The number of para-hydroxylation sites is 1. The first-order valence-corrected chi connectivity index (χ1v) is 7.88. The van der Waals surface area contributed by atoms with Crippen LogP contribution in [0.1, 0.15) is 35.9 Å². The van der Waals surface area contributed by atoms with Crippen molar-refractivity contribution in [1.82, 2.24) is 5.32 Å². The fourth-order valence-electron chi connectivity index (χ4n) is 3.00. The summed E-state index contributed by atoms with van der Waals surface area (Å²) in [6.07, 6.45) is 3.38. The number of fused-ring (bicyclic) bond motifs is 1. The Morgan fingerprint density at radius 1 is 1.26 bits per heavy atom. The summed E-state index contributed by atoms with van der Waals surface area (Å²) < 4.78 is 5.02. The lowest BCUT2D eigenvalue weighted by Crippen LogP contribution is -2.36. The quantitative estimate of drug-likeness (QED) is 0.864. The second-order valence-electron chi connectivity index (χ2n) is 5.78. The van der Waals surface area contributed by atoms with Crippen molar-refractivity contribution in [2.75, 3.05) is 11.4 Å². The third-order valence-electron chi connectivity index (χ3n) is 4.07. The van der Waals surface area contributed by atoms with E-state index in [0.717, 1.165) is 12.1 Å². The fraction of sp³-hybridized carbons (Fsp3) is 0.333. The Kier molecular flexibility index (Phi) is 4.46. The van der Waals surface area contributed by atoms with E-state index in [1.807, 2.05) is 23.1 Å². The molecule has 0 fully saturated rings. The summed E-state index contributed by atoms with van der Waals surface area (Å²) in [4.78, 5) is 26.1. The second kappa shape index (κ2) is 6.69. The number of benzene rings is 1. The van der Waals surface area contributed by atoms with Crippen molar-refractivity contribution in [2.45, 2.75) is 32.2 Å². The molecule has 1 aliphatic rings. The number of rotatable bonds is 5. The highest BCUT2D eigenvalue weighted by molar-refractivity contribution is 5.96. The summed E-state index contributed by atoms with van der Waals surface area (Å²) in [7, 11) is 0. The topological polar surface area (TPSA) is 62.6 Å². The Morgan fingerprint density at radius 3 is 2.87 bits per heavy atom. The Hall–Kier alpha value is -2.56. The number of amides is 2. The molecule has 1 N–H and O–H groups in total. The van der Waals surface area contributed by atoms with Gasteiger partial charge in [0.15, 0.2) is 5.76 Å². The van der Waals surface area contributed by atoms with Gasteiger partial charge in [-0.05, 0) is 43.5 Å². The molecule has 2 aromatic rings. The van der Waals surface area contributed by atoms with Crippen LogP contribution in [0.5, 0.6) is 0 Å². The van der Waals surface area contributed by atoms with E-state index in [9.17, 15) is 9.59 Å². The Labute approximate surface area is 135 Å². The zero-order valence-electron chi connectivity index (χ0n) is 13.1. The van der Waals surface area contributed by atoms with Gasteiger partial charge in [0, 0.05) is 24.7 Å². The van der Waals surface area contributed by atoms with Crippen LogP contribution >= 0.6 is 0 Å². The minimum Gasteiger partial charge on any atom is -0.459 e. The molecule has 1 aliphatic heterocycles. The third-order valence-corrected chi connectivity index (χ3v) is 4.07. The molecule has 5 nitrogen and oxygen atoms in total. The van der Waals surface area contributed by atoms with Gasteiger partial charge in [-0.25, -0.2) is 0 Å². The normalized spacial score (nSPS) is 16.2. The van der Waals surface area contributed by atoms with Crippen molar-refractivity contribution in [2.24, 2.45) is 0 Å². The number of hydrogen-bond acceptors (Lipinski definition) is 3. The van der Waals surface area contributed by atoms with Gasteiger partial charge in [-0.3, -0.25) is 9.59 Å².